The molecular weight excluding hydrogens is 487 g/mol. The molecule has 0 bridgehead atoms. The van der Waals surface area contributed by atoms with E-state index in [1.807, 2.05) is 0 Å². The standard InChI is InChI=1S/C20H13Cl3N2O5S/c1-11-4-12(21)6-17(23)20(11)31(28,29)25-14-2-3-19(16(7-14)18(27)10-26)30-15-5-13(22)8-24-9-15/h2-10,25H,1H3. The van der Waals surface area contributed by atoms with E-state index in [9.17, 15) is 18.0 Å². The first-order chi connectivity index (χ1) is 14.6. The lowest BCUT2D eigenvalue weighted by molar-refractivity contribution is -0.104. The zero-order valence-corrected chi connectivity index (χ0v) is 18.8. The van der Waals surface area contributed by atoms with Gasteiger partial charge in [-0.1, -0.05) is 34.8 Å². The lowest BCUT2D eigenvalue weighted by atomic mass is 10.1. The number of ketones is 1. The fourth-order valence-electron chi connectivity index (χ4n) is 2.75. The molecule has 3 aromatic rings. The quantitative estimate of drug-likeness (QED) is 0.268. The molecule has 0 aliphatic rings. The van der Waals surface area contributed by atoms with Gasteiger partial charge in [-0.3, -0.25) is 19.3 Å². The van der Waals surface area contributed by atoms with Gasteiger partial charge in [0.15, 0.2) is 6.29 Å². The number of ether oxygens (including phenoxy) is 1. The number of nitrogens with zero attached hydrogens (tertiary/aromatic N) is 1. The van der Waals surface area contributed by atoms with E-state index in [1.165, 1.54) is 48.8 Å². The van der Waals surface area contributed by atoms with E-state index >= 15 is 0 Å². The van der Waals surface area contributed by atoms with Crippen LogP contribution in [0.2, 0.25) is 15.1 Å². The summed E-state index contributed by atoms with van der Waals surface area (Å²) >= 11 is 17.8. The summed E-state index contributed by atoms with van der Waals surface area (Å²) in [7, 11) is -4.13. The third-order valence-electron chi connectivity index (χ3n) is 3.97. The Morgan fingerprint density at radius 2 is 1.81 bits per heavy atom. The van der Waals surface area contributed by atoms with Crippen LogP contribution in [0.15, 0.2) is 53.7 Å². The number of aromatic nitrogens is 1. The van der Waals surface area contributed by atoms with Crippen molar-refractivity contribution >= 4 is 62.6 Å². The number of carbonyl (C=O) groups is 2. The number of benzene rings is 2. The highest BCUT2D eigenvalue weighted by Gasteiger charge is 2.23. The summed E-state index contributed by atoms with van der Waals surface area (Å²) < 4.78 is 33.7. The Bertz CT molecular complexity index is 1270. The van der Waals surface area contributed by atoms with Gasteiger partial charge in [0.1, 0.15) is 16.4 Å². The molecule has 0 aliphatic heterocycles. The van der Waals surface area contributed by atoms with Crippen LogP contribution in [0.3, 0.4) is 0 Å². The van der Waals surface area contributed by atoms with Crippen molar-refractivity contribution in [3.8, 4) is 11.5 Å². The lowest BCUT2D eigenvalue weighted by Crippen LogP contribution is -2.15. The molecule has 1 heterocycles. The van der Waals surface area contributed by atoms with E-state index in [0.717, 1.165) is 0 Å². The topological polar surface area (TPSA) is 102 Å². The van der Waals surface area contributed by atoms with E-state index < -0.39 is 15.8 Å². The Morgan fingerprint density at radius 1 is 1.06 bits per heavy atom. The van der Waals surface area contributed by atoms with Gasteiger partial charge in [0, 0.05) is 23.0 Å². The molecule has 0 aliphatic carbocycles. The van der Waals surface area contributed by atoms with Crippen molar-refractivity contribution in [3.05, 3.63) is 75.0 Å². The Balaban J connectivity index is 1.99. The van der Waals surface area contributed by atoms with Gasteiger partial charge in [-0.2, -0.15) is 0 Å². The van der Waals surface area contributed by atoms with Crippen molar-refractivity contribution in [2.45, 2.75) is 11.8 Å². The first-order valence-electron chi connectivity index (χ1n) is 8.51. The molecule has 0 unspecified atom stereocenters. The highest BCUT2D eigenvalue weighted by molar-refractivity contribution is 7.92. The number of aryl methyl sites for hydroxylation is 1. The van der Waals surface area contributed by atoms with Crippen molar-refractivity contribution in [1.29, 1.82) is 0 Å². The highest BCUT2D eigenvalue weighted by Crippen LogP contribution is 2.33. The lowest BCUT2D eigenvalue weighted by Gasteiger charge is -2.14. The molecule has 11 heteroatoms. The molecule has 2 aromatic carbocycles. The number of hydrogen-bond donors (Lipinski definition) is 1. The number of hydrogen-bond acceptors (Lipinski definition) is 6. The molecule has 0 amide bonds. The van der Waals surface area contributed by atoms with Crippen LogP contribution in [0.4, 0.5) is 5.69 Å². The number of aldehydes is 1. The molecular formula is C20H13Cl3N2O5S. The molecule has 1 aromatic heterocycles. The normalized spacial score (nSPS) is 11.1. The summed E-state index contributed by atoms with van der Waals surface area (Å²) in [6, 6.07) is 8.12. The molecule has 31 heavy (non-hydrogen) atoms. The fourth-order valence-corrected chi connectivity index (χ4v) is 5.15. The minimum atomic E-state index is -4.13. The van der Waals surface area contributed by atoms with Gasteiger partial charge in [-0.15, -0.1) is 0 Å². The van der Waals surface area contributed by atoms with Crippen molar-refractivity contribution < 1.29 is 22.7 Å². The number of anilines is 1. The van der Waals surface area contributed by atoms with Gasteiger partial charge in [0.25, 0.3) is 10.0 Å². The van der Waals surface area contributed by atoms with Crippen molar-refractivity contribution in [2.75, 3.05) is 4.72 Å². The third-order valence-corrected chi connectivity index (χ3v) is 6.39. The Hall–Kier alpha value is -2.65. The van der Waals surface area contributed by atoms with Gasteiger partial charge in [0.2, 0.25) is 5.78 Å². The van der Waals surface area contributed by atoms with Crippen LogP contribution in [-0.2, 0) is 14.8 Å². The average Bonchev–Trinajstić information content (AvgIpc) is 2.67. The second kappa shape index (κ2) is 9.23. The van der Waals surface area contributed by atoms with Crippen molar-refractivity contribution in [3.63, 3.8) is 0 Å². The van der Waals surface area contributed by atoms with Crippen LogP contribution in [0.5, 0.6) is 11.5 Å². The van der Waals surface area contributed by atoms with Crippen LogP contribution in [0, 0.1) is 6.92 Å². The number of halogens is 3. The van der Waals surface area contributed by atoms with Crippen LogP contribution >= 0.6 is 34.8 Å². The van der Waals surface area contributed by atoms with Gasteiger partial charge in [0.05, 0.1) is 21.8 Å². The zero-order chi connectivity index (χ0) is 22.8. The zero-order valence-electron chi connectivity index (χ0n) is 15.7. The predicted molar refractivity (Wildman–Crippen MR) is 118 cm³/mol. The largest absolute Gasteiger partial charge is 0.455 e. The number of rotatable bonds is 7. The molecule has 0 spiro atoms. The molecule has 7 nitrogen and oxygen atoms in total. The van der Waals surface area contributed by atoms with E-state index in [2.05, 4.69) is 9.71 Å². The number of nitrogens with one attached hydrogen (secondary N) is 1. The number of pyridine rings is 1. The van der Waals surface area contributed by atoms with Gasteiger partial charge in [-0.05, 0) is 42.8 Å². The molecule has 0 fully saturated rings. The summed E-state index contributed by atoms with van der Waals surface area (Å²) in [5.41, 5.74) is 0.198. The third kappa shape index (κ3) is 5.34. The van der Waals surface area contributed by atoms with E-state index in [0.29, 0.717) is 10.6 Å². The van der Waals surface area contributed by atoms with E-state index in [4.69, 9.17) is 39.5 Å². The second-order valence-electron chi connectivity index (χ2n) is 6.27. The Labute approximate surface area is 193 Å². The van der Waals surface area contributed by atoms with Crippen LogP contribution in [0.1, 0.15) is 15.9 Å². The maximum atomic E-state index is 12.9. The SMILES string of the molecule is Cc1cc(Cl)cc(Cl)c1S(=O)(=O)Nc1ccc(Oc2cncc(Cl)c2)c(C(=O)C=O)c1. The number of sulfonamides is 1. The monoisotopic (exact) mass is 498 g/mol. The summed E-state index contributed by atoms with van der Waals surface area (Å²) in [5.74, 6) is -0.666. The molecule has 1 N–H and O–H groups in total. The molecule has 0 atom stereocenters. The maximum Gasteiger partial charge on any atom is 0.263 e. The van der Waals surface area contributed by atoms with E-state index in [1.54, 1.807) is 6.92 Å². The first kappa shape index (κ1) is 23.0. The molecule has 160 valence electrons. The number of carbonyl (C=O) groups excluding carboxylic acids is 2. The predicted octanol–water partition coefficient (Wildman–Crippen LogP) is 5.32. The van der Waals surface area contributed by atoms with E-state index in [-0.39, 0.29) is 44.0 Å². The van der Waals surface area contributed by atoms with Gasteiger partial charge in [-0.25, -0.2) is 8.42 Å². The second-order valence-corrected chi connectivity index (χ2v) is 9.17. The van der Waals surface area contributed by atoms with Crippen molar-refractivity contribution in [2.24, 2.45) is 0 Å². The van der Waals surface area contributed by atoms with Crippen LogP contribution in [-0.4, -0.2) is 25.5 Å². The summed E-state index contributed by atoms with van der Waals surface area (Å²) in [4.78, 5) is 26.9. The summed E-state index contributed by atoms with van der Waals surface area (Å²) in [5, 5.41) is 0.535. The average molecular weight is 500 g/mol. The smallest absolute Gasteiger partial charge is 0.263 e. The van der Waals surface area contributed by atoms with Gasteiger partial charge < -0.3 is 4.74 Å². The van der Waals surface area contributed by atoms with Gasteiger partial charge >= 0.3 is 0 Å². The van der Waals surface area contributed by atoms with Crippen LogP contribution in [0.25, 0.3) is 0 Å². The highest BCUT2D eigenvalue weighted by atomic mass is 35.5. The molecule has 3 rings (SSSR count). The maximum absolute atomic E-state index is 12.9. The minimum Gasteiger partial charge on any atom is -0.455 e. The molecule has 0 saturated heterocycles. The minimum absolute atomic E-state index is 0.0184. The fraction of sp³-hybridized carbons (Fsp3) is 0.0500. The molecule has 0 radical (unpaired) electrons. The molecule has 0 saturated carbocycles. The first-order valence-corrected chi connectivity index (χ1v) is 11.1. The Morgan fingerprint density at radius 3 is 2.45 bits per heavy atom. The van der Waals surface area contributed by atoms with Crippen LogP contribution < -0.4 is 9.46 Å². The van der Waals surface area contributed by atoms with Crippen molar-refractivity contribution in [1.82, 2.24) is 4.98 Å². The summed E-state index contributed by atoms with van der Waals surface area (Å²) in [6.45, 7) is 1.55. The number of Topliss-reactive ketones (excluding diaryl/α,β-unsaturated/α-hetero) is 1. The Kier molecular flexibility index (Phi) is 6.86. The summed E-state index contributed by atoms with van der Waals surface area (Å²) in [6.07, 6.45) is 2.85.